The van der Waals surface area contributed by atoms with Gasteiger partial charge in [-0.15, -0.1) is 0 Å². The Balaban J connectivity index is 1.56. The quantitative estimate of drug-likeness (QED) is 0.658. The largest absolute Gasteiger partial charge is 0.383 e. The summed E-state index contributed by atoms with van der Waals surface area (Å²) in [6.07, 6.45) is 3.81. The highest BCUT2D eigenvalue weighted by Gasteiger charge is 2.35. The van der Waals surface area contributed by atoms with Crippen molar-refractivity contribution in [3.05, 3.63) is 52.7 Å². The van der Waals surface area contributed by atoms with Crippen molar-refractivity contribution >= 4 is 29.2 Å². The lowest BCUT2D eigenvalue weighted by Gasteiger charge is -2.38. The smallest absolute Gasteiger partial charge is 0.313 e. The number of amides is 3. The number of aryl methyl sites for hydroxylation is 1. The van der Waals surface area contributed by atoms with Gasteiger partial charge >= 0.3 is 11.8 Å². The lowest BCUT2D eigenvalue weighted by molar-refractivity contribution is -0.146. The fraction of sp³-hybridized carbons (Fsp3) is 0.391. The summed E-state index contributed by atoms with van der Waals surface area (Å²) >= 11 is 0. The second kappa shape index (κ2) is 8.37. The lowest BCUT2D eigenvalue weighted by Crippen LogP contribution is -2.46. The van der Waals surface area contributed by atoms with Gasteiger partial charge in [0.2, 0.25) is 0 Å². The molecule has 2 unspecified atom stereocenters. The first-order valence-electron chi connectivity index (χ1n) is 10.6. The maximum absolute atomic E-state index is 13.1. The van der Waals surface area contributed by atoms with Gasteiger partial charge in [-0.25, -0.2) is 4.98 Å². The third-order valence-electron chi connectivity index (χ3n) is 6.12. The SMILES string of the molecule is CCc1cc(NC(=O)C(=O)N2CC(C)CCC2c2ccc3c(c2)C(=O)NC3)cnc1N. The van der Waals surface area contributed by atoms with E-state index in [0.717, 1.165) is 29.5 Å². The number of aromatic nitrogens is 1. The number of fused-ring (bicyclic) bond motifs is 1. The number of rotatable bonds is 3. The minimum atomic E-state index is -0.702. The predicted molar refractivity (Wildman–Crippen MR) is 117 cm³/mol. The molecule has 1 saturated heterocycles. The van der Waals surface area contributed by atoms with Gasteiger partial charge in [0.25, 0.3) is 5.91 Å². The molecule has 0 saturated carbocycles. The monoisotopic (exact) mass is 421 g/mol. The molecular formula is C23H27N5O3. The van der Waals surface area contributed by atoms with E-state index in [0.29, 0.717) is 36.6 Å². The third-order valence-corrected chi connectivity index (χ3v) is 6.12. The van der Waals surface area contributed by atoms with Crippen molar-refractivity contribution in [1.29, 1.82) is 0 Å². The van der Waals surface area contributed by atoms with Crippen LogP contribution < -0.4 is 16.4 Å². The van der Waals surface area contributed by atoms with E-state index in [1.165, 1.54) is 6.20 Å². The summed E-state index contributed by atoms with van der Waals surface area (Å²) in [5.41, 5.74) is 9.56. The van der Waals surface area contributed by atoms with Gasteiger partial charge in [0.05, 0.1) is 17.9 Å². The Morgan fingerprint density at radius 3 is 2.87 bits per heavy atom. The Morgan fingerprint density at radius 1 is 1.29 bits per heavy atom. The van der Waals surface area contributed by atoms with Gasteiger partial charge in [-0.05, 0) is 54.0 Å². The molecular weight excluding hydrogens is 394 g/mol. The highest BCUT2D eigenvalue weighted by Crippen LogP contribution is 2.35. The number of carbonyl (C=O) groups is 3. The zero-order valence-electron chi connectivity index (χ0n) is 17.8. The molecule has 0 radical (unpaired) electrons. The predicted octanol–water partition coefficient (Wildman–Crippen LogP) is 2.41. The van der Waals surface area contributed by atoms with Crippen molar-refractivity contribution in [1.82, 2.24) is 15.2 Å². The molecule has 2 aliphatic rings. The van der Waals surface area contributed by atoms with Gasteiger partial charge in [-0.1, -0.05) is 26.0 Å². The number of hydrogen-bond acceptors (Lipinski definition) is 5. The number of piperidine rings is 1. The molecule has 4 N–H and O–H groups in total. The molecule has 1 aromatic carbocycles. The molecule has 1 aromatic heterocycles. The molecule has 2 aliphatic heterocycles. The standard InChI is InChI=1S/C23H27N5O3/c1-3-14-8-17(11-25-20(14)24)27-22(30)23(31)28-12-13(2)4-7-19(28)15-5-6-16-10-26-21(29)18(16)9-15/h5-6,8-9,11,13,19H,3-4,7,10,12H2,1-2H3,(H2,24,25)(H,26,29)(H,27,30). The average molecular weight is 422 g/mol. The van der Waals surface area contributed by atoms with Crippen LogP contribution in [0.4, 0.5) is 11.5 Å². The maximum atomic E-state index is 13.1. The van der Waals surface area contributed by atoms with E-state index >= 15 is 0 Å². The molecule has 1 fully saturated rings. The van der Waals surface area contributed by atoms with Crippen molar-refractivity contribution in [2.24, 2.45) is 5.92 Å². The van der Waals surface area contributed by atoms with Crippen LogP contribution in [0.15, 0.2) is 30.5 Å². The lowest BCUT2D eigenvalue weighted by atomic mass is 9.88. The molecule has 8 nitrogen and oxygen atoms in total. The normalized spacial score (nSPS) is 20.2. The van der Waals surface area contributed by atoms with E-state index in [-0.39, 0.29) is 17.9 Å². The van der Waals surface area contributed by atoms with Gasteiger partial charge in [0.1, 0.15) is 5.82 Å². The molecule has 2 aromatic rings. The summed E-state index contributed by atoms with van der Waals surface area (Å²) < 4.78 is 0. The van der Waals surface area contributed by atoms with E-state index in [2.05, 4.69) is 22.5 Å². The highest BCUT2D eigenvalue weighted by atomic mass is 16.2. The molecule has 0 bridgehead atoms. The zero-order chi connectivity index (χ0) is 22.1. The minimum Gasteiger partial charge on any atom is -0.383 e. The van der Waals surface area contributed by atoms with E-state index in [9.17, 15) is 14.4 Å². The zero-order valence-corrected chi connectivity index (χ0v) is 17.8. The Labute approximate surface area is 181 Å². The minimum absolute atomic E-state index is 0.0979. The van der Waals surface area contributed by atoms with Crippen molar-refractivity contribution in [2.45, 2.75) is 45.7 Å². The van der Waals surface area contributed by atoms with Gasteiger partial charge in [0.15, 0.2) is 0 Å². The molecule has 3 amide bonds. The fourth-order valence-corrected chi connectivity index (χ4v) is 4.35. The van der Waals surface area contributed by atoms with Crippen LogP contribution in [-0.4, -0.2) is 34.2 Å². The number of carbonyl (C=O) groups excluding carboxylic acids is 3. The van der Waals surface area contributed by atoms with E-state index in [1.54, 1.807) is 11.0 Å². The van der Waals surface area contributed by atoms with E-state index < -0.39 is 11.8 Å². The van der Waals surface area contributed by atoms with Crippen LogP contribution in [0.2, 0.25) is 0 Å². The summed E-state index contributed by atoms with van der Waals surface area (Å²) in [5.74, 6) is -0.685. The van der Waals surface area contributed by atoms with Crippen LogP contribution in [0.25, 0.3) is 0 Å². The van der Waals surface area contributed by atoms with Gasteiger partial charge in [0, 0.05) is 18.7 Å². The number of nitrogens with two attached hydrogens (primary N) is 1. The Morgan fingerprint density at radius 2 is 2.10 bits per heavy atom. The molecule has 3 heterocycles. The van der Waals surface area contributed by atoms with Gasteiger partial charge in [-0.2, -0.15) is 0 Å². The number of hydrogen-bond donors (Lipinski definition) is 3. The number of nitrogens with one attached hydrogen (secondary N) is 2. The first kappa shape index (κ1) is 20.8. The summed E-state index contributed by atoms with van der Waals surface area (Å²) in [7, 11) is 0. The summed E-state index contributed by atoms with van der Waals surface area (Å²) in [5, 5.41) is 5.48. The second-order valence-electron chi connectivity index (χ2n) is 8.33. The number of anilines is 2. The molecule has 31 heavy (non-hydrogen) atoms. The van der Waals surface area contributed by atoms with E-state index in [1.807, 2.05) is 25.1 Å². The van der Waals surface area contributed by atoms with Crippen LogP contribution in [0.1, 0.15) is 59.8 Å². The maximum Gasteiger partial charge on any atom is 0.313 e. The van der Waals surface area contributed by atoms with Crippen LogP contribution >= 0.6 is 0 Å². The van der Waals surface area contributed by atoms with E-state index in [4.69, 9.17) is 5.73 Å². The average Bonchev–Trinajstić information content (AvgIpc) is 3.14. The summed E-state index contributed by atoms with van der Waals surface area (Å²) in [6, 6.07) is 7.23. The van der Waals surface area contributed by atoms with Crippen molar-refractivity contribution < 1.29 is 14.4 Å². The number of nitrogens with zero attached hydrogens (tertiary/aromatic N) is 2. The van der Waals surface area contributed by atoms with Gasteiger partial charge < -0.3 is 21.3 Å². The van der Waals surface area contributed by atoms with Gasteiger partial charge in [-0.3, -0.25) is 14.4 Å². The van der Waals surface area contributed by atoms with Crippen molar-refractivity contribution in [2.75, 3.05) is 17.6 Å². The number of pyridine rings is 1. The van der Waals surface area contributed by atoms with Crippen LogP contribution in [0.5, 0.6) is 0 Å². The summed E-state index contributed by atoms with van der Waals surface area (Å²) in [6.45, 7) is 5.03. The fourth-order valence-electron chi connectivity index (χ4n) is 4.35. The first-order chi connectivity index (χ1) is 14.9. The number of nitrogen functional groups attached to an aromatic ring is 1. The van der Waals surface area contributed by atoms with Crippen molar-refractivity contribution in [3.8, 4) is 0 Å². The second-order valence-corrected chi connectivity index (χ2v) is 8.33. The topological polar surface area (TPSA) is 117 Å². The Bertz CT molecular complexity index is 1050. The molecule has 8 heteroatoms. The van der Waals surface area contributed by atoms with Crippen LogP contribution in [-0.2, 0) is 22.6 Å². The Hall–Kier alpha value is -3.42. The molecule has 0 aliphatic carbocycles. The Kier molecular flexibility index (Phi) is 5.63. The first-order valence-corrected chi connectivity index (χ1v) is 10.6. The highest BCUT2D eigenvalue weighted by molar-refractivity contribution is 6.39. The third kappa shape index (κ3) is 4.10. The molecule has 2 atom stereocenters. The molecule has 0 spiro atoms. The number of benzene rings is 1. The summed E-state index contributed by atoms with van der Waals surface area (Å²) in [4.78, 5) is 43.7. The van der Waals surface area contributed by atoms with Crippen molar-refractivity contribution in [3.63, 3.8) is 0 Å². The van der Waals surface area contributed by atoms with Crippen LogP contribution in [0, 0.1) is 5.92 Å². The molecule has 4 rings (SSSR count). The van der Waals surface area contributed by atoms with Crippen LogP contribution in [0.3, 0.4) is 0 Å². The number of likely N-dealkylation sites (tertiary alicyclic amines) is 1. The molecule has 162 valence electrons.